The molecule has 0 aromatic heterocycles. The van der Waals surface area contributed by atoms with Gasteiger partial charge in [0.05, 0.1) is 0 Å². The summed E-state index contributed by atoms with van der Waals surface area (Å²) in [5, 5.41) is 7.24. The molecule has 0 amide bonds. The molecule has 0 atom stereocenters. The van der Waals surface area contributed by atoms with Crippen LogP contribution in [-0.2, 0) is 0 Å². The number of benzene rings is 1. The van der Waals surface area contributed by atoms with Gasteiger partial charge in [0.1, 0.15) is 0 Å². The van der Waals surface area contributed by atoms with E-state index in [4.69, 9.17) is 5.41 Å². The van der Waals surface area contributed by atoms with Crippen LogP contribution < -0.4 is 0 Å². The van der Waals surface area contributed by atoms with Crippen molar-refractivity contribution in [2.24, 2.45) is 5.92 Å². The van der Waals surface area contributed by atoms with E-state index in [1.165, 1.54) is 5.56 Å². The zero-order chi connectivity index (χ0) is 10.5. The molecule has 2 rings (SSSR count). The molecule has 0 saturated heterocycles. The predicted molar refractivity (Wildman–Crippen MR) is 65.2 cm³/mol. The van der Waals surface area contributed by atoms with Crippen molar-refractivity contribution in [2.75, 3.05) is 0 Å². The van der Waals surface area contributed by atoms with E-state index in [2.05, 4.69) is 30.3 Å². The van der Waals surface area contributed by atoms with Crippen molar-refractivity contribution >= 4 is 12.3 Å². The lowest BCUT2D eigenvalue weighted by atomic mass is 9.86. The molecule has 1 N–H and O–H groups in total. The first kappa shape index (κ1) is 10.2. The standard InChI is InChI=1S/C14H17N/c15-11-14-8-6-13(7-9-14)10-12-4-2-1-3-5-12/h1-5,10-11,14-15H,6-9H2. The fourth-order valence-corrected chi connectivity index (χ4v) is 2.11. The molecule has 1 fully saturated rings. The fraction of sp³-hybridized carbons (Fsp3) is 0.357. The summed E-state index contributed by atoms with van der Waals surface area (Å²) in [6.07, 6.45) is 8.55. The van der Waals surface area contributed by atoms with Gasteiger partial charge in [-0.05, 0) is 43.4 Å². The Morgan fingerprint density at radius 1 is 1.07 bits per heavy atom. The summed E-state index contributed by atoms with van der Waals surface area (Å²) in [6.45, 7) is 0. The van der Waals surface area contributed by atoms with E-state index < -0.39 is 0 Å². The molecule has 1 aliphatic carbocycles. The van der Waals surface area contributed by atoms with Crippen LogP contribution in [0, 0.1) is 11.3 Å². The van der Waals surface area contributed by atoms with Gasteiger partial charge >= 0.3 is 0 Å². The maximum absolute atomic E-state index is 7.24. The van der Waals surface area contributed by atoms with Gasteiger partial charge in [-0.1, -0.05) is 42.0 Å². The van der Waals surface area contributed by atoms with E-state index in [-0.39, 0.29) is 0 Å². The molecular formula is C14H17N. The Hall–Kier alpha value is -1.37. The van der Waals surface area contributed by atoms with Crippen molar-refractivity contribution in [1.82, 2.24) is 0 Å². The molecule has 1 aliphatic rings. The number of nitrogens with one attached hydrogen (secondary N) is 1. The van der Waals surface area contributed by atoms with Gasteiger partial charge in [0, 0.05) is 0 Å². The van der Waals surface area contributed by atoms with Gasteiger partial charge in [-0.15, -0.1) is 0 Å². The summed E-state index contributed by atoms with van der Waals surface area (Å²) in [4.78, 5) is 0. The Balaban J connectivity index is 2.01. The second kappa shape index (κ2) is 4.92. The van der Waals surface area contributed by atoms with E-state index in [1.807, 2.05) is 6.07 Å². The van der Waals surface area contributed by atoms with Crippen molar-refractivity contribution in [3.05, 3.63) is 41.5 Å². The van der Waals surface area contributed by atoms with Crippen LogP contribution in [0.4, 0.5) is 0 Å². The van der Waals surface area contributed by atoms with Crippen molar-refractivity contribution in [3.63, 3.8) is 0 Å². The van der Waals surface area contributed by atoms with Gasteiger partial charge in [0.2, 0.25) is 0 Å². The zero-order valence-electron chi connectivity index (χ0n) is 8.95. The Morgan fingerprint density at radius 2 is 1.73 bits per heavy atom. The molecular weight excluding hydrogens is 182 g/mol. The normalized spacial score (nSPS) is 21.1. The van der Waals surface area contributed by atoms with E-state index in [0.29, 0.717) is 5.92 Å². The average molecular weight is 199 g/mol. The van der Waals surface area contributed by atoms with Crippen LogP contribution in [0.5, 0.6) is 0 Å². The van der Waals surface area contributed by atoms with Crippen LogP contribution in [0.15, 0.2) is 35.9 Å². The van der Waals surface area contributed by atoms with Crippen molar-refractivity contribution < 1.29 is 0 Å². The Labute approximate surface area is 91.3 Å². The van der Waals surface area contributed by atoms with Crippen LogP contribution in [0.1, 0.15) is 31.2 Å². The highest BCUT2D eigenvalue weighted by atomic mass is 14.4. The highest BCUT2D eigenvalue weighted by molar-refractivity contribution is 5.58. The topological polar surface area (TPSA) is 23.9 Å². The van der Waals surface area contributed by atoms with E-state index in [9.17, 15) is 0 Å². The molecule has 78 valence electrons. The van der Waals surface area contributed by atoms with Gasteiger partial charge in [0.25, 0.3) is 0 Å². The first-order valence-electron chi connectivity index (χ1n) is 5.63. The summed E-state index contributed by atoms with van der Waals surface area (Å²) < 4.78 is 0. The Bertz CT molecular complexity index is 341. The highest BCUT2D eigenvalue weighted by Gasteiger charge is 2.13. The molecule has 0 spiro atoms. The predicted octanol–water partition coefficient (Wildman–Crippen LogP) is 3.91. The summed E-state index contributed by atoms with van der Waals surface area (Å²) in [6, 6.07) is 10.5. The molecule has 1 nitrogen and oxygen atoms in total. The van der Waals surface area contributed by atoms with E-state index in [1.54, 1.807) is 11.8 Å². The molecule has 0 radical (unpaired) electrons. The molecule has 0 bridgehead atoms. The second-order valence-electron chi connectivity index (χ2n) is 4.22. The largest absolute Gasteiger partial charge is 0.313 e. The van der Waals surface area contributed by atoms with E-state index in [0.717, 1.165) is 25.7 Å². The van der Waals surface area contributed by atoms with Crippen LogP contribution in [0.2, 0.25) is 0 Å². The number of rotatable bonds is 2. The number of hydrogen-bond donors (Lipinski definition) is 1. The maximum atomic E-state index is 7.24. The van der Waals surface area contributed by atoms with E-state index >= 15 is 0 Å². The van der Waals surface area contributed by atoms with Crippen LogP contribution in [0.25, 0.3) is 6.08 Å². The number of hydrogen-bond acceptors (Lipinski definition) is 1. The van der Waals surface area contributed by atoms with Crippen LogP contribution >= 0.6 is 0 Å². The van der Waals surface area contributed by atoms with Crippen LogP contribution in [-0.4, -0.2) is 6.21 Å². The van der Waals surface area contributed by atoms with Gasteiger partial charge in [0.15, 0.2) is 0 Å². The Kier molecular flexibility index (Phi) is 3.33. The lowest BCUT2D eigenvalue weighted by Gasteiger charge is -2.20. The summed E-state index contributed by atoms with van der Waals surface area (Å²) in [7, 11) is 0. The molecule has 0 heterocycles. The van der Waals surface area contributed by atoms with Crippen LogP contribution in [0.3, 0.4) is 0 Å². The third-order valence-corrected chi connectivity index (χ3v) is 3.08. The number of allylic oxidation sites excluding steroid dienone is 1. The second-order valence-corrected chi connectivity index (χ2v) is 4.22. The molecule has 1 aromatic carbocycles. The monoisotopic (exact) mass is 199 g/mol. The minimum atomic E-state index is 0.526. The summed E-state index contributed by atoms with van der Waals surface area (Å²) >= 11 is 0. The van der Waals surface area contributed by atoms with Gasteiger partial charge in [-0.2, -0.15) is 0 Å². The summed E-state index contributed by atoms with van der Waals surface area (Å²) in [5.41, 5.74) is 2.85. The third-order valence-electron chi connectivity index (χ3n) is 3.08. The molecule has 1 heteroatoms. The smallest absolute Gasteiger partial charge is 0.00165 e. The van der Waals surface area contributed by atoms with Crippen molar-refractivity contribution in [3.8, 4) is 0 Å². The average Bonchev–Trinajstić information content (AvgIpc) is 2.31. The first-order chi connectivity index (χ1) is 7.38. The fourth-order valence-electron chi connectivity index (χ4n) is 2.11. The van der Waals surface area contributed by atoms with Crippen molar-refractivity contribution in [1.29, 1.82) is 5.41 Å². The molecule has 1 saturated carbocycles. The third kappa shape index (κ3) is 2.79. The maximum Gasteiger partial charge on any atom is -0.00165 e. The molecule has 1 aromatic rings. The lowest BCUT2D eigenvalue weighted by molar-refractivity contribution is 0.522. The highest BCUT2D eigenvalue weighted by Crippen LogP contribution is 2.28. The minimum absolute atomic E-state index is 0.526. The zero-order valence-corrected chi connectivity index (χ0v) is 8.95. The lowest BCUT2D eigenvalue weighted by Crippen LogP contribution is -2.08. The molecule has 15 heavy (non-hydrogen) atoms. The van der Waals surface area contributed by atoms with Gasteiger partial charge < -0.3 is 5.41 Å². The van der Waals surface area contributed by atoms with Gasteiger partial charge in [-0.25, -0.2) is 0 Å². The molecule has 0 aliphatic heterocycles. The first-order valence-corrected chi connectivity index (χ1v) is 5.63. The SMILES string of the molecule is N=CC1CCC(=Cc2ccccc2)CC1. The molecule has 0 unspecified atom stereocenters. The Morgan fingerprint density at radius 3 is 2.33 bits per heavy atom. The minimum Gasteiger partial charge on any atom is -0.313 e. The summed E-state index contributed by atoms with van der Waals surface area (Å²) in [5.74, 6) is 0.526. The quantitative estimate of drug-likeness (QED) is 0.698. The van der Waals surface area contributed by atoms with Gasteiger partial charge in [-0.3, -0.25) is 0 Å². The van der Waals surface area contributed by atoms with Crippen molar-refractivity contribution in [2.45, 2.75) is 25.7 Å².